The van der Waals surface area contributed by atoms with E-state index in [0.29, 0.717) is 11.3 Å². The fourth-order valence-corrected chi connectivity index (χ4v) is 7.02. The third kappa shape index (κ3) is 6.65. The summed E-state index contributed by atoms with van der Waals surface area (Å²) in [5, 5.41) is 2.41. The van der Waals surface area contributed by atoms with Crippen LogP contribution in [0.5, 0.6) is 0 Å². The van der Waals surface area contributed by atoms with E-state index in [4.69, 9.17) is 0 Å². The van der Waals surface area contributed by atoms with E-state index in [-0.39, 0.29) is 35.4 Å². The molecule has 0 fully saturated rings. The van der Waals surface area contributed by atoms with Crippen LogP contribution in [0, 0.1) is 0 Å². The van der Waals surface area contributed by atoms with Gasteiger partial charge < -0.3 is 4.90 Å². The first-order valence-electron chi connectivity index (χ1n) is 19.8. The summed E-state index contributed by atoms with van der Waals surface area (Å²) in [4.78, 5) is 1.88. The lowest BCUT2D eigenvalue weighted by Gasteiger charge is -2.28. The van der Waals surface area contributed by atoms with Crippen molar-refractivity contribution in [3.8, 4) is 55.6 Å². The largest absolute Gasteiger partial charge is 0.310 e. The van der Waals surface area contributed by atoms with Gasteiger partial charge in [-0.2, -0.15) is 0 Å². The van der Waals surface area contributed by atoms with Gasteiger partial charge in [-0.05, 0) is 109 Å². The summed E-state index contributed by atoms with van der Waals surface area (Å²) in [5.74, 6) is 0. The minimum Gasteiger partial charge on any atom is -0.310 e. The van der Waals surface area contributed by atoms with Crippen LogP contribution in [0.3, 0.4) is 0 Å². The lowest BCUT2D eigenvalue weighted by Crippen LogP contribution is -2.11. The Labute approximate surface area is 317 Å². The van der Waals surface area contributed by atoms with Crippen LogP contribution in [0.1, 0.15) is 5.48 Å². The summed E-state index contributed by atoms with van der Waals surface area (Å²) >= 11 is 0. The van der Waals surface area contributed by atoms with Crippen molar-refractivity contribution in [1.29, 1.82) is 0 Å². The lowest BCUT2D eigenvalue weighted by molar-refractivity contribution is 1.28. The minimum absolute atomic E-state index is 0.0967. The molecule has 0 saturated carbocycles. The zero-order valence-electron chi connectivity index (χ0n) is 33.0. The molecule has 9 rings (SSSR count). The summed E-state index contributed by atoms with van der Waals surface area (Å²) in [5.41, 5.74) is 10.7. The van der Waals surface area contributed by atoms with Crippen molar-refractivity contribution < 1.29 is 5.48 Å². The Balaban J connectivity index is 1.17. The Morgan fingerprint density at radius 2 is 0.755 bits per heavy atom. The maximum atomic E-state index is 9.54. The summed E-state index contributed by atoms with van der Waals surface area (Å²) in [6, 6.07) is 66.8. The molecule has 0 bridgehead atoms. The number of anilines is 3. The topological polar surface area (TPSA) is 3.24 Å². The Kier molecular flexibility index (Phi) is 7.50. The average molecular weight is 680 g/mol. The standard InChI is InChI=1S/C52H37N/c1-3-13-38(14-4-1)44-19-11-20-45(35-44)40-27-31-49(32-28-40)53(52-24-10-9-23-51(52)42-16-5-2-6-17-42)50-33-29-41(30-34-50)46-21-12-22-47(36-46)48-26-25-39-15-7-8-18-43(39)37-48/h1-37H/i27D,28D,31D,32D. The molecule has 0 aliphatic carbocycles. The van der Waals surface area contributed by atoms with Crippen molar-refractivity contribution in [2.45, 2.75) is 0 Å². The molecule has 0 aliphatic heterocycles. The second-order valence-electron chi connectivity index (χ2n) is 13.1. The average Bonchev–Trinajstić information content (AvgIpc) is 3.28. The number of nitrogens with zero attached hydrogens (tertiary/aromatic N) is 1. The Morgan fingerprint density at radius 1 is 0.283 bits per heavy atom. The highest BCUT2D eigenvalue weighted by atomic mass is 15.1. The number of hydrogen-bond acceptors (Lipinski definition) is 1. The summed E-state index contributed by atoms with van der Waals surface area (Å²) < 4.78 is 37.9. The van der Waals surface area contributed by atoms with Gasteiger partial charge in [-0.25, -0.2) is 0 Å². The van der Waals surface area contributed by atoms with E-state index in [1.54, 1.807) is 0 Å². The van der Waals surface area contributed by atoms with E-state index in [1.165, 1.54) is 10.8 Å². The number of para-hydroxylation sites is 1. The molecule has 0 radical (unpaired) electrons. The van der Waals surface area contributed by atoms with Crippen LogP contribution in [0.15, 0.2) is 224 Å². The van der Waals surface area contributed by atoms with Crippen molar-refractivity contribution in [3.63, 3.8) is 0 Å². The van der Waals surface area contributed by atoms with Crippen LogP contribution in [-0.4, -0.2) is 0 Å². The van der Waals surface area contributed by atoms with Crippen LogP contribution >= 0.6 is 0 Å². The molecule has 0 N–H and O–H groups in total. The molecule has 0 spiro atoms. The second kappa shape index (κ2) is 14.3. The van der Waals surface area contributed by atoms with Crippen molar-refractivity contribution in [3.05, 3.63) is 224 Å². The smallest absolute Gasteiger partial charge is 0.0645 e. The van der Waals surface area contributed by atoms with E-state index in [2.05, 4.69) is 78.9 Å². The van der Waals surface area contributed by atoms with Gasteiger partial charge in [0.1, 0.15) is 0 Å². The minimum atomic E-state index is -0.119. The van der Waals surface area contributed by atoms with Crippen LogP contribution < -0.4 is 4.90 Å². The fraction of sp³-hybridized carbons (Fsp3) is 0. The molecule has 0 aliphatic rings. The Bertz CT molecular complexity index is 2860. The van der Waals surface area contributed by atoms with Crippen LogP contribution in [0.25, 0.3) is 66.4 Å². The van der Waals surface area contributed by atoms with E-state index in [0.717, 1.165) is 50.2 Å². The van der Waals surface area contributed by atoms with Crippen molar-refractivity contribution in [1.82, 2.24) is 0 Å². The molecule has 0 aromatic heterocycles. The molecule has 1 heteroatoms. The van der Waals surface area contributed by atoms with E-state index in [9.17, 15) is 5.48 Å². The zero-order valence-corrected chi connectivity index (χ0v) is 29.0. The summed E-state index contributed by atoms with van der Waals surface area (Å²) in [7, 11) is 0. The van der Waals surface area contributed by atoms with Crippen molar-refractivity contribution in [2.24, 2.45) is 0 Å². The van der Waals surface area contributed by atoms with Gasteiger partial charge >= 0.3 is 0 Å². The SMILES string of the molecule is [2H]c1c([2H])c(N(c2ccc(-c3cccc(-c4ccc5ccccc5c4)c3)cc2)c2ccccc2-c2ccccc2)c([2H])c([2H])c1-c1cccc(-c2ccccc2)c1. The van der Waals surface area contributed by atoms with Gasteiger partial charge in [0.15, 0.2) is 0 Å². The second-order valence-corrected chi connectivity index (χ2v) is 13.1. The van der Waals surface area contributed by atoms with Gasteiger partial charge in [-0.15, -0.1) is 0 Å². The zero-order chi connectivity index (χ0) is 38.9. The first kappa shape index (κ1) is 27.7. The number of benzene rings is 9. The van der Waals surface area contributed by atoms with E-state index >= 15 is 0 Å². The first-order valence-corrected chi connectivity index (χ1v) is 17.8. The summed E-state index contributed by atoms with van der Waals surface area (Å²) in [6.45, 7) is 0. The van der Waals surface area contributed by atoms with Gasteiger partial charge in [-0.3, -0.25) is 0 Å². The maximum Gasteiger partial charge on any atom is 0.0645 e. The molecule has 53 heavy (non-hydrogen) atoms. The molecule has 250 valence electrons. The molecule has 0 unspecified atom stereocenters. The monoisotopic (exact) mass is 679 g/mol. The van der Waals surface area contributed by atoms with Gasteiger partial charge in [0.2, 0.25) is 0 Å². The predicted molar refractivity (Wildman–Crippen MR) is 226 cm³/mol. The Hall–Kier alpha value is -6.96. The highest BCUT2D eigenvalue weighted by Gasteiger charge is 2.17. The highest BCUT2D eigenvalue weighted by molar-refractivity contribution is 5.90. The number of fused-ring (bicyclic) bond motifs is 1. The van der Waals surface area contributed by atoms with Gasteiger partial charge in [0, 0.05) is 16.9 Å². The van der Waals surface area contributed by atoms with E-state index < -0.39 is 0 Å². The third-order valence-electron chi connectivity index (χ3n) is 9.73. The van der Waals surface area contributed by atoms with Gasteiger partial charge in [0.25, 0.3) is 0 Å². The molecular formula is C52H37N. The fourth-order valence-electron chi connectivity index (χ4n) is 7.02. The molecule has 9 aromatic carbocycles. The van der Waals surface area contributed by atoms with Gasteiger partial charge in [0.05, 0.1) is 11.2 Å². The van der Waals surface area contributed by atoms with Gasteiger partial charge in [-0.1, -0.05) is 176 Å². The van der Waals surface area contributed by atoms with Crippen LogP contribution in [0.2, 0.25) is 0 Å². The normalized spacial score (nSPS) is 12.1. The quantitative estimate of drug-likeness (QED) is 0.154. The maximum absolute atomic E-state index is 9.54. The highest BCUT2D eigenvalue weighted by Crippen LogP contribution is 2.42. The molecule has 0 saturated heterocycles. The van der Waals surface area contributed by atoms with Crippen molar-refractivity contribution in [2.75, 3.05) is 4.90 Å². The predicted octanol–water partition coefficient (Wildman–Crippen LogP) is 14.6. The third-order valence-corrected chi connectivity index (χ3v) is 9.73. The van der Waals surface area contributed by atoms with E-state index in [1.807, 2.05) is 126 Å². The van der Waals surface area contributed by atoms with Crippen LogP contribution in [-0.2, 0) is 0 Å². The summed E-state index contributed by atoms with van der Waals surface area (Å²) in [6.07, 6.45) is 0. The molecule has 1 nitrogen and oxygen atoms in total. The number of rotatable bonds is 8. The van der Waals surface area contributed by atoms with Crippen LogP contribution in [0.4, 0.5) is 17.1 Å². The lowest BCUT2D eigenvalue weighted by atomic mass is 9.97. The molecule has 0 heterocycles. The molecular weight excluding hydrogens is 639 g/mol. The molecule has 9 aromatic rings. The van der Waals surface area contributed by atoms with Crippen molar-refractivity contribution >= 4 is 27.8 Å². The first-order chi connectivity index (χ1) is 27.9. The number of hydrogen-bond donors (Lipinski definition) is 0. The molecule has 0 amide bonds. The Morgan fingerprint density at radius 3 is 1.43 bits per heavy atom. The molecule has 0 atom stereocenters.